The van der Waals surface area contributed by atoms with Gasteiger partial charge in [0, 0.05) is 0 Å². The molecule has 0 bridgehead atoms. The summed E-state index contributed by atoms with van der Waals surface area (Å²) in [7, 11) is -6.79. The van der Waals surface area contributed by atoms with Gasteiger partial charge in [0.15, 0.2) is 0 Å². The van der Waals surface area contributed by atoms with Crippen LogP contribution in [0.4, 0.5) is 8.22 Å². The van der Waals surface area contributed by atoms with Gasteiger partial charge < -0.3 is 0 Å². The third-order valence-corrected chi connectivity index (χ3v) is 20.8. The van der Waals surface area contributed by atoms with E-state index in [0.29, 0.717) is 0 Å². The van der Waals surface area contributed by atoms with Crippen LogP contribution >= 0.6 is 0 Å². The van der Waals surface area contributed by atoms with Gasteiger partial charge >= 0.3 is 192 Å². The Morgan fingerprint density at radius 3 is 1.37 bits per heavy atom. The molecule has 0 saturated carbocycles. The second-order valence-electron chi connectivity index (χ2n) is 8.96. The third kappa shape index (κ3) is 5.06. The summed E-state index contributed by atoms with van der Waals surface area (Å²) in [5.41, 5.74) is 0. The predicted octanol–water partition coefficient (Wildman–Crippen LogP) is 2.93. The minimum atomic E-state index is -3.04. The predicted molar refractivity (Wildman–Crippen MR) is 138 cm³/mol. The monoisotopic (exact) mass is 560 g/mol. The van der Waals surface area contributed by atoms with Gasteiger partial charge in [0.2, 0.25) is 0 Å². The van der Waals surface area contributed by atoms with Gasteiger partial charge in [0.25, 0.3) is 0 Å². The topological polar surface area (TPSA) is 0 Å². The first-order valence-corrected chi connectivity index (χ1v) is 22.9. The summed E-state index contributed by atoms with van der Waals surface area (Å²) in [5.74, 6) is 0. The summed E-state index contributed by atoms with van der Waals surface area (Å²) in [6.07, 6.45) is 0. The zero-order chi connectivity index (χ0) is 22.1. The Morgan fingerprint density at radius 1 is 0.600 bits per heavy atom. The summed E-state index contributed by atoms with van der Waals surface area (Å²) in [5, 5.41) is 3.20. The molecule has 3 aromatic rings. The maximum absolute atomic E-state index is 15.5. The molecule has 156 valence electrons. The van der Waals surface area contributed by atoms with Gasteiger partial charge in [0.05, 0.1) is 0 Å². The van der Waals surface area contributed by atoms with Gasteiger partial charge in [-0.05, 0) is 0 Å². The molecule has 3 rings (SSSR count). The molecule has 0 atom stereocenters. The molecule has 0 aromatic heterocycles. The Labute approximate surface area is 191 Å². The second kappa shape index (κ2) is 9.22. The number of hydrogen-bond donors (Lipinski definition) is 0. The van der Waals surface area contributed by atoms with Crippen LogP contribution in [-0.2, 0) is 0 Å². The summed E-state index contributed by atoms with van der Waals surface area (Å²) in [4.78, 5) is 0. The van der Waals surface area contributed by atoms with Crippen LogP contribution in [0.2, 0.25) is 39.3 Å². The van der Waals surface area contributed by atoms with Crippen molar-refractivity contribution in [2.75, 3.05) is 0 Å². The minimum absolute atomic E-state index is 0.712. The van der Waals surface area contributed by atoms with E-state index in [1.54, 1.807) is 26.2 Å². The van der Waals surface area contributed by atoms with Gasteiger partial charge in [-0.1, -0.05) is 0 Å². The van der Waals surface area contributed by atoms with Crippen molar-refractivity contribution in [1.29, 1.82) is 0 Å². The van der Waals surface area contributed by atoms with E-state index in [-0.39, 0.29) is 0 Å². The van der Waals surface area contributed by atoms with Crippen LogP contribution in [0.25, 0.3) is 0 Å². The molecular formula is C24H30F2Si3Sn. The Balaban J connectivity index is 2.41. The first kappa shape index (κ1) is 23.6. The first-order chi connectivity index (χ1) is 14.0. The standard InChI is InChI=1S/2C8H10FSi.C8H10Si.Sn/c2*1-10(2,9)8-6-4-3-5-7-8;1-9(2)8-6-4-3-5-7-8;/h2*3-6H,1-2H3;3-6H,1-2H3;. The fraction of sp³-hybridized carbons (Fsp3) is 0.250. The van der Waals surface area contributed by atoms with Crippen molar-refractivity contribution in [3.05, 3.63) is 72.8 Å². The van der Waals surface area contributed by atoms with E-state index < -0.39 is 45.4 Å². The van der Waals surface area contributed by atoms with Gasteiger partial charge in [-0.2, -0.15) is 0 Å². The summed E-state index contributed by atoms with van der Waals surface area (Å²) < 4.78 is 34.7. The molecule has 6 heteroatoms. The van der Waals surface area contributed by atoms with Crippen molar-refractivity contribution < 1.29 is 8.22 Å². The van der Waals surface area contributed by atoms with Crippen LogP contribution < -0.4 is 26.3 Å². The van der Waals surface area contributed by atoms with Crippen LogP contribution in [0.5, 0.6) is 0 Å². The summed E-state index contributed by atoms with van der Waals surface area (Å²) in [6, 6.07) is 24.9. The Kier molecular flexibility index (Phi) is 7.26. The number of hydrogen-bond acceptors (Lipinski definition) is 0. The van der Waals surface area contributed by atoms with Crippen LogP contribution in [0.15, 0.2) is 72.8 Å². The van der Waals surface area contributed by atoms with Crippen molar-refractivity contribution >= 4 is 71.7 Å². The van der Waals surface area contributed by atoms with E-state index in [1.807, 2.05) is 36.4 Å². The Bertz CT molecular complexity index is 966. The molecule has 0 fully saturated rings. The van der Waals surface area contributed by atoms with Gasteiger partial charge in [-0.15, -0.1) is 0 Å². The Hall–Kier alpha value is -1.03. The molecule has 0 heterocycles. The summed E-state index contributed by atoms with van der Waals surface area (Å²) in [6.45, 7) is 11.7. The molecule has 0 aliphatic carbocycles. The number of rotatable bonds is 6. The van der Waals surface area contributed by atoms with Crippen molar-refractivity contribution in [2.24, 2.45) is 0 Å². The van der Waals surface area contributed by atoms with Crippen LogP contribution in [0, 0.1) is 0 Å². The molecule has 0 amide bonds. The number of halogens is 2. The van der Waals surface area contributed by atoms with Crippen molar-refractivity contribution in [3.8, 4) is 0 Å². The average molecular weight is 559 g/mol. The first-order valence-electron chi connectivity index (χ1n) is 10.4. The third-order valence-electron chi connectivity index (χ3n) is 5.41. The normalized spacial score (nSPS) is 12.6. The van der Waals surface area contributed by atoms with Crippen molar-refractivity contribution in [2.45, 2.75) is 39.3 Å². The van der Waals surface area contributed by atoms with E-state index in [2.05, 4.69) is 49.5 Å². The van der Waals surface area contributed by atoms with E-state index in [4.69, 9.17) is 0 Å². The van der Waals surface area contributed by atoms with Crippen molar-refractivity contribution in [1.82, 2.24) is 0 Å². The van der Waals surface area contributed by atoms with Gasteiger partial charge in [0.1, 0.15) is 0 Å². The second-order valence-corrected chi connectivity index (χ2v) is 25.2. The molecule has 2 radical (unpaired) electrons. The molecule has 0 unspecified atom stereocenters. The van der Waals surface area contributed by atoms with Gasteiger partial charge in [-0.25, -0.2) is 0 Å². The quantitative estimate of drug-likeness (QED) is 0.322. The van der Waals surface area contributed by atoms with Gasteiger partial charge in [-0.3, -0.25) is 0 Å². The fourth-order valence-corrected chi connectivity index (χ4v) is 25.0. The van der Waals surface area contributed by atoms with Crippen LogP contribution in [-0.4, -0.2) is 45.4 Å². The molecule has 0 N–H and O–H groups in total. The fourth-order valence-electron chi connectivity index (χ4n) is 4.01. The molecule has 3 aromatic carbocycles. The molecular weight excluding hydrogens is 529 g/mol. The summed E-state index contributed by atoms with van der Waals surface area (Å²) >= 11 is -2.86. The zero-order valence-electron chi connectivity index (χ0n) is 18.7. The SMILES string of the molecule is C[Si](C)c1cccc[c]1[Sn]([c]1ccccc1[Si](C)(C)F)[c]1ccccc1[Si](C)(C)F. The van der Waals surface area contributed by atoms with E-state index in [1.165, 1.54) is 15.9 Å². The average Bonchev–Trinajstić information content (AvgIpc) is 2.68. The molecule has 0 aliphatic heterocycles. The number of benzene rings is 3. The Morgan fingerprint density at radius 2 is 0.967 bits per heavy atom. The zero-order valence-corrected chi connectivity index (χ0v) is 24.5. The molecule has 0 nitrogen and oxygen atoms in total. The van der Waals surface area contributed by atoms with Crippen molar-refractivity contribution in [3.63, 3.8) is 0 Å². The van der Waals surface area contributed by atoms with E-state index >= 15 is 8.22 Å². The maximum atomic E-state index is 15.5. The van der Waals surface area contributed by atoms with E-state index in [0.717, 1.165) is 10.4 Å². The molecule has 0 aliphatic rings. The molecule has 30 heavy (non-hydrogen) atoms. The van der Waals surface area contributed by atoms with Crippen LogP contribution in [0.1, 0.15) is 0 Å². The molecule has 0 saturated heterocycles. The van der Waals surface area contributed by atoms with Crippen LogP contribution in [0.3, 0.4) is 0 Å². The van der Waals surface area contributed by atoms with E-state index in [9.17, 15) is 0 Å². The molecule has 0 spiro atoms.